The molecule has 100 valence electrons. The monoisotopic (exact) mass is 259 g/mol. The summed E-state index contributed by atoms with van der Waals surface area (Å²) < 4.78 is 10.5. The zero-order valence-electron chi connectivity index (χ0n) is 11.3. The molecule has 2 rings (SSSR count). The van der Waals surface area contributed by atoms with Crippen molar-refractivity contribution in [3.8, 4) is 22.9 Å². The second-order valence-corrected chi connectivity index (χ2v) is 4.00. The molecule has 0 aliphatic heterocycles. The third-order valence-electron chi connectivity index (χ3n) is 2.68. The van der Waals surface area contributed by atoms with E-state index in [1.165, 1.54) is 0 Å². The van der Waals surface area contributed by atoms with Gasteiger partial charge in [-0.25, -0.2) is 9.97 Å². The van der Waals surface area contributed by atoms with Gasteiger partial charge in [-0.3, -0.25) is 0 Å². The van der Waals surface area contributed by atoms with E-state index < -0.39 is 0 Å². The SMILES string of the molecule is CNCc1ccnc(-c2cc(OC)cc(OC)c2)n1. The van der Waals surface area contributed by atoms with Crippen molar-refractivity contribution in [2.75, 3.05) is 21.3 Å². The summed E-state index contributed by atoms with van der Waals surface area (Å²) in [6.07, 6.45) is 1.75. The number of nitrogens with zero attached hydrogens (tertiary/aromatic N) is 2. The van der Waals surface area contributed by atoms with E-state index in [4.69, 9.17) is 9.47 Å². The van der Waals surface area contributed by atoms with Crippen LogP contribution >= 0.6 is 0 Å². The Labute approximate surface area is 112 Å². The van der Waals surface area contributed by atoms with Crippen molar-refractivity contribution >= 4 is 0 Å². The number of nitrogens with one attached hydrogen (secondary N) is 1. The van der Waals surface area contributed by atoms with E-state index in [9.17, 15) is 0 Å². The van der Waals surface area contributed by atoms with E-state index in [0.717, 1.165) is 22.8 Å². The van der Waals surface area contributed by atoms with Crippen LogP contribution in [0.1, 0.15) is 5.69 Å². The van der Waals surface area contributed by atoms with Crippen molar-refractivity contribution in [1.82, 2.24) is 15.3 Å². The van der Waals surface area contributed by atoms with Gasteiger partial charge in [0.05, 0.1) is 19.9 Å². The highest BCUT2D eigenvalue weighted by atomic mass is 16.5. The van der Waals surface area contributed by atoms with Gasteiger partial charge in [0.2, 0.25) is 0 Å². The minimum atomic E-state index is 0.657. The highest BCUT2D eigenvalue weighted by molar-refractivity contribution is 5.60. The quantitative estimate of drug-likeness (QED) is 0.888. The number of hydrogen-bond donors (Lipinski definition) is 1. The summed E-state index contributed by atoms with van der Waals surface area (Å²) in [5.41, 5.74) is 1.81. The summed E-state index contributed by atoms with van der Waals surface area (Å²) in [4.78, 5) is 8.79. The largest absolute Gasteiger partial charge is 0.497 e. The Bertz CT molecular complexity index is 536. The molecule has 5 heteroatoms. The minimum Gasteiger partial charge on any atom is -0.497 e. The third-order valence-corrected chi connectivity index (χ3v) is 2.68. The summed E-state index contributed by atoms with van der Waals surface area (Å²) in [6.45, 7) is 0.705. The summed E-state index contributed by atoms with van der Waals surface area (Å²) >= 11 is 0. The molecule has 0 amide bonds. The third kappa shape index (κ3) is 3.20. The lowest BCUT2D eigenvalue weighted by Gasteiger charge is -2.08. The van der Waals surface area contributed by atoms with Crippen LogP contribution in [0, 0.1) is 0 Å². The molecule has 1 N–H and O–H groups in total. The molecule has 2 aromatic rings. The molecular weight excluding hydrogens is 242 g/mol. The van der Waals surface area contributed by atoms with Gasteiger partial charge in [-0.2, -0.15) is 0 Å². The molecule has 0 saturated heterocycles. The Morgan fingerprint density at radius 3 is 2.37 bits per heavy atom. The first-order valence-electron chi connectivity index (χ1n) is 5.96. The van der Waals surface area contributed by atoms with Gasteiger partial charge < -0.3 is 14.8 Å². The molecule has 0 unspecified atom stereocenters. The van der Waals surface area contributed by atoms with Gasteiger partial charge >= 0.3 is 0 Å². The van der Waals surface area contributed by atoms with Crippen LogP contribution in [-0.4, -0.2) is 31.2 Å². The van der Waals surface area contributed by atoms with Crippen LogP contribution in [0.25, 0.3) is 11.4 Å². The second-order valence-electron chi connectivity index (χ2n) is 4.00. The molecule has 0 radical (unpaired) electrons. The molecule has 1 aromatic heterocycles. The van der Waals surface area contributed by atoms with Crippen molar-refractivity contribution in [3.63, 3.8) is 0 Å². The van der Waals surface area contributed by atoms with Crippen molar-refractivity contribution in [1.29, 1.82) is 0 Å². The molecule has 0 aliphatic carbocycles. The molecule has 19 heavy (non-hydrogen) atoms. The van der Waals surface area contributed by atoms with Crippen molar-refractivity contribution in [3.05, 3.63) is 36.2 Å². The summed E-state index contributed by atoms with van der Waals surface area (Å²) in [7, 11) is 5.13. The Balaban J connectivity index is 2.42. The Kier molecular flexibility index (Phi) is 4.30. The molecule has 0 saturated carbocycles. The van der Waals surface area contributed by atoms with Crippen LogP contribution in [-0.2, 0) is 6.54 Å². The van der Waals surface area contributed by atoms with Gasteiger partial charge in [-0.1, -0.05) is 0 Å². The Morgan fingerprint density at radius 1 is 1.11 bits per heavy atom. The number of methoxy groups -OCH3 is 2. The lowest BCUT2D eigenvalue weighted by molar-refractivity contribution is 0.394. The average Bonchev–Trinajstić information content (AvgIpc) is 2.47. The molecule has 0 spiro atoms. The normalized spacial score (nSPS) is 10.3. The van der Waals surface area contributed by atoms with E-state index in [1.807, 2.05) is 31.3 Å². The fourth-order valence-corrected chi connectivity index (χ4v) is 1.75. The van der Waals surface area contributed by atoms with Crippen LogP contribution in [0.15, 0.2) is 30.5 Å². The zero-order valence-corrected chi connectivity index (χ0v) is 11.3. The van der Waals surface area contributed by atoms with E-state index in [-0.39, 0.29) is 0 Å². The molecule has 0 fully saturated rings. The highest BCUT2D eigenvalue weighted by Gasteiger charge is 2.07. The number of benzene rings is 1. The van der Waals surface area contributed by atoms with Crippen LogP contribution in [0.5, 0.6) is 11.5 Å². The lowest BCUT2D eigenvalue weighted by atomic mass is 10.2. The predicted molar refractivity (Wildman–Crippen MR) is 73.3 cm³/mol. The fourth-order valence-electron chi connectivity index (χ4n) is 1.75. The van der Waals surface area contributed by atoms with Crippen molar-refractivity contribution < 1.29 is 9.47 Å². The maximum absolute atomic E-state index is 5.25. The lowest BCUT2D eigenvalue weighted by Crippen LogP contribution is -2.07. The number of hydrogen-bond acceptors (Lipinski definition) is 5. The van der Waals surface area contributed by atoms with Gasteiger partial charge in [-0.15, -0.1) is 0 Å². The van der Waals surface area contributed by atoms with Crippen LogP contribution in [0.3, 0.4) is 0 Å². The molecule has 1 heterocycles. The zero-order chi connectivity index (χ0) is 13.7. The number of aromatic nitrogens is 2. The van der Waals surface area contributed by atoms with Crippen LogP contribution in [0.4, 0.5) is 0 Å². The molecular formula is C14H17N3O2. The maximum atomic E-state index is 5.25. The first-order chi connectivity index (χ1) is 9.26. The molecule has 5 nitrogen and oxygen atoms in total. The van der Waals surface area contributed by atoms with E-state index >= 15 is 0 Å². The molecule has 0 atom stereocenters. The topological polar surface area (TPSA) is 56.3 Å². The summed E-state index contributed by atoms with van der Waals surface area (Å²) in [5.74, 6) is 2.10. The van der Waals surface area contributed by atoms with Gasteiger partial charge in [0.15, 0.2) is 5.82 Å². The van der Waals surface area contributed by atoms with Crippen LogP contribution in [0.2, 0.25) is 0 Å². The fraction of sp³-hybridized carbons (Fsp3) is 0.286. The number of ether oxygens (including phenoxy) is 2. The highest BCUT2D eigenvalue weighted by Crippen LogP contribution is 2.27. The molecule has 1 aromatic carbocycles. The smallest absolute Gasteiger partial charge is 0.159 e. The predicted octanol–water partition coefficient (Wildman–Crippen LogP) is 1.88. The molecule has 0 bridgehead atoms. The molecule has 0 aliphatic rings. The van der Waals surface area contributed by atoms with Gasteiger partial charge in [0, 0.05) is 24.4 Å². The first-order valence-corrected chi connectivity index (χ1v) is 5.96. The summed E-state index contributed by atoms with van der Waals surface area (Å²) in [6, 6.07) is 7.49. The van der Waals surface area contributed by atoms with Gasteiger partial charge in [-0.05, 0) is 25.2 Å². The van der Waals surface area contributed by atoms with E-state index in [2.05, 4.69) is 15.3 Å². The standard InChI is InChI=1S/C14H17N3O2/c1-15-9-11-4-5-16-14(17-11)10-6-12(18-2)8-13(7-10)19-3/h4-8,15H,9H2,1-3H3. The van der Waals surface area contributed by atoms with Crippen LogP contribution < -0.4 is 14.8 Å². The second kappa shape index (κ2) is 6.15. The summed E-state index contributed by atoms with van der Waals surface area (Å²) in [5, 5.41) is 3.07. The van der Waals surface area contributed by atoms with Gasteiger partial charge in [0.25, 0.3) is 0 Å². The number of rotatable bonds is 5. The Hall–Kier alpha value is -2.14. The maximum Gasteiger partial charge on any atom is 0.159 e. The Morgan fingerprint density at radius 2 is 1.79 bits per heavy atom. The van der Waals surface area contributed by atoms with Gasteiger partial charge in [0.1, 0.15) is 11.5 Å². The first kappa shape index (κ1) is 13.3. The minimum absolute atomic E-state index is 0.657. The van der Waals surface area contributed by atoms with E-state index in [1.54, 1.807) is 20.4 Å². The van der Waals surface area contributed by atoms with Crippen molar-refractivity contribution in [2.45, 2.75) is 6.54 Å². The van der Waals surface area contributed by atoms with E-state index in [0.29, 0.717) is 12.4 Å². The average molecular weight is 259 g/mol. The van der Waals surface area contributed by atoms with Crippen molar-refractivity contribution in [2.24, 2.45) is 0 Å².